The summed E-state index contributed by atoms with van der Waals surface area (Å²) in [5.41, 5.74) is 2.03. The Labute approximate surface area is 186 Å². The van der Waals surface area contributed by atoms with Gasteiger partial charge in [0, 0.05) is 57.8 Å². The Balaban J connectivity index is 1.42. The molecule has 2 saturated heterocycles. The Bertz CT molecular complexity index is 886. The summed E-state index contributed by atoms with van der Waals surface area (Å²) in [4.78, 5) is 19.1. The van der Waals surface area contributed by atoms with Crippen LogP contribution in [0.3, 0.4) is 0 Å². The van der Waals surface area contributed by atoms with E-state index >= 15 is 0 Å². The molecule has 0 N–H and O–H groups in total. The first kappa shape index (κ1) is 23.6. The van der Waals surface area contributed by atoms with Crippen molar-refractivity contribution in [2.24, 2.45) is 0 Å². The standard InChI is InChI=1S/C23H35N3O4S/c1-23(2,3)30-22(27)26-13-10-19(11-14-26)9-12-24-15-17-25(18-16-24)20-5-7-21(8-6-20)31(4,28)29/h5-9H,10-18H2,1-4H3. The largest absolute Gasteiger partial charge is 0.444 e. The van der Waals surface area contributed by atoms with Crippen LogP contribution < -0.4 is 4.90 Å². The van der Waals surface area contributed by atoms with E-state index in [1.54, 1.807) is 17.0 Å². The van der Waals surface area contributed by atoms with Crippen molar-refractivity contribution in [2.45, 2.75) is 44.1 Å². The van der Waals surface area contributed by atoms with Crippen molar-refractivity contribution in [3.8, 4) is 0 Å². The second kappa shape index (κ2) is 9.61. The lowest BCUT2D eigenvalue weighted by Gasteiger charge is -2.36. The van der Waals surface area contributed by atoms with E-state index in [9.17, 15) is 13.2 Å². The van der Waals surface area contributed by atoms with Gasteiger partial charge in [-0.15, -0.1) is 0 Å². The lowest BCUT2D eigenvalue weighted by Crippen LogP contribution is -2.46. The lowest BCUT2D eigenvalue weighted by molar-refractivity contribution is 0.0236. The van der Waals surface area contributed by atoms with Crippen LogP contribution in [0.2, 0.25) is 0 Å². The minimum Gasteiger partial charge on any atom is -0.444 e. The number of hydrogen-bond acceptors (Lipinski definition) is 6. The predicted octanol–water partition coefficient (Wildman–Crippen LogP) is 3.17. The van der Waals surface area contributed by atoms with Crippen LogP contribution in [0.15, 0.2) is 40.8 Å². The highest BCUT2D eigenvalue weighted by molar-refractivity contribution is 7.90. The fourth-order valence-corrected chi connectivity index (χ4v) is 4.49. The van der Waals surface area contributed by atoms with Crippen LogP contribution in [0.4, 0.5) is 10.5 Å². The normalized spacial score (nSPS) is 18.8. The molecule has 2 aliphatic heterocycles. The summed E-state index contributed by atoms with van der Waals surface area (Å²) in [5.74, 6) is 0. The van der Waals surface area contributed by atoms with E-state index in [0.717, 1.165) is 64.3 Å². The molecule has 0 bridgehead atoms. The Morgan fingerprint density at radius 2 is 1.58 bits per heavy atom. The van der Waals surface area contributed by atoms with Crippen molar-refractivity contribution in [2.75, 3.05) is 57.0 Å². The highest BCUT2D eigenvalue weighted by Gasteiger charge is 2.25. The predicted molar refractivity (Wildman–Crippen MR) is 123 cm³/mol. The molecule has 0 saturated carbocycles. The number of carbonyl (C=O) groups is 1. The van der Waals surface area contributed by atoms with Crippen LogP contribution in [0.1, 0.15) is 33.6 Å². The number of amides is 1. The molecule has 0 radical (unpaired) electrons. The van der Waals surface area contributed by atoms with E-state index < -0.39 is 15.4 Å². The summed E-state index contributed by atoms with van der Waals surface area (Å²) in [6.07, 6.45) is 5.16. The number of nitrogens with zero attached hydrogens (tertiary/aromatic N) is 3. The first-order valence-electron chi connectivity index (χ1n) is 10.9. The molecule has 2 fully saturated rings. The fourth-order valence-electron chi connectivity index (χ4n) is 3.86. The number of sulfone groups is 1. The fraction of sp³-hybridized carbons (Fsp3) is 0.609. The molecule has 0 spiro atoms. The molecular weight excluding hydrogens is 414 g/mol. The van der Waals surface area contributed by atoms with Gasteiger partial charge < -0.3 is 14.5 Å². The molecule has 31 heavy (non-hydrogen) atoms. The number of carbonyl (C=O) groups excluding carboxylic acids is 1. The molecule has 172 valence electrons. The Morgan fingerprint density at radius 1 is 1.00 bits per heavy atom. The number of benzene rings is 1. The van der Waals surface area contributed by atoms with Gasteiger partial charge in [0.1, 0.15) is 5.60 Å². The third kappa shape index (κ3) is 6.97. The highest BCUT2D eigenvalue weighted by atomic mass is 32.2. The maximum absolute atomic E-state index is 12.2. The van der Waals surface area contributed by atoms with Gasteiger partial charge in [0.05, 0.1) is 4.90 Å². The van der Waals surface area contributed by atoms with Gasteiger partial charge in [-0.2, -0.15) is 0 Å². The van der Waals surface area contributed by atoms with Crippen LogP contribution in [0.25, 0.3) is 0 Å². The summed E-state index contributed by atoms with van der Waals surface area (Å²) in [7, 11) is -3.16. The smallest absolute Gasteiger partial charge is 0.410 e. The zero-order valence-corrected chi connectivity index (χ0v) is 20.0. The number of piperazine rings is 1. The minimum absolute atomic E-state index is 0.216. The quantitative estimate of drug-likeness (QED) is 0.658. The molecule has 1 aromatic rings. The Morgan fingerprint density at radius 3 is 2.10 bits per heavy atom. The molecule has 0 unspecified atom stereocenters. The van der Waals surface area contributed by atoms with E-state index in [1.165, 1.54) is 11.8 Å². The topological polar surface area (TPSA) is 70.2 Å². The summed E-state index contributed by atoms with van der Waals surface area (Å²) in [6.45, 7) is 11.9. The van der Waals surface area contributed by atoms with Gasteiger partial charge in [-0.05, 0) is 57.9 Å². The number of rotatable bonds is 4. The number of ether oxygens (including phenoxy) is 1. The molecule has 1 amide bonds. The van der Waals surface area contributed by atoms with Gasteiger partial charge in [-0.1, -0.05) is 11.6 Å². The van der Waals surface area contributed by atoms with E-state index in [2.05, 4.69) is 15.9 Å². The second-order valence-corrected chi connectivity index (χ2v) is 11.4. The van der Waals surface area contributed by atoms with Gasteiger partial charge in [-0.25, -0.2) is 13.2 Å². The molecule has 3 rings (SSSR count). The average molecular weight is 450 g/mol. The summed E-state index contributed by atoms with van der Waals surface area (Å²) in [6, 6.07) is 7.16. The molecule has 0 aromatic heterocycles. The van der Waals surface area contributed by atoms with Crippen molar-refractivity contribution in [3.63, 3.8) is 0 Å². The average Bonchev–Trinajstić information content (AvgIpc) is 2.71. The minimum atomic E-state index is -3.16. The monoisotopic (exact) mass is 449 g/mol. The molecule has 0 aliphatic carbocycles. The van der Waals surface area contributed by atoms with E-state index in [0.29, 0.717) is 4.90 Å². The van der Waals surface area contributed by atoms with Gasteiger partial charge in [0.2, 0.25) is 0 Å². The van der Waals surface area contributed by atoms with E-state index in [1.807, 2.05) is 32.9 Å². The first-order chi connectivity index (χ1) is 14.5. The first-order valence-corrected chi connectivity index (χ1v) is 12.8. The number of likely N-dealkylation sites (tertiary alicyclic amines) is 1. The van der Waals surface area contributed by atoms with Crippen LogP contribution in [0.5, 0.6) is 0 Å². The molecule has 1 aromatic carbocycles. The molecule has 0 atom stereocenters. The van der Waals surface area contributed by atoms with Crippen LogP contribution in [-0.2, 0) is 14.6 Å². The molecule has 2 heterocycles. The van der Waals surface area contributed by atoms with Crippen molar-refractivity contribution >= 4 is 21.6 Å². The SMILES string of the molecule is CC(C)(C)OC(=O)N1CCC(=CCN2CCN(c3ccc(S(C)(=O)=O)cc3)CC2)CC1. The molecular formula is C23H35N3O4S. The molecule has 8 heteroatoms. The molecule has 7 nitrogen and oxygen atoms in total. The zero-order chi connectivity index (χ0) is 22.6. The third-order valence-corrected chi connectivity index (χ3v) is 6.83. The van der Waals surface area contributed by atoms with Crippen molar-refractivity contribution in [3.05, 3.63) is 35.9 Å². The van der Waals surface area contributed by atoms with Gasteiger partial charge >= 0.3 is 6.09 Å². The second-order valence-electron chi connectivity index (χ2n) is 9.38. The van der Waals surface area contributed by atoms with Crippen LogP contribution in [-0.4, -0.2) is 82.0 Å². The van der Waals surface area contributed by atoms with Crippen molar-refractivity contribution < 1.29 is 17.9 Å². The number of hydrogen-bond donors (Lipinski definition) is 0. The zero-order valence-electron chi connectivity index (χ0n) is 19.1. The van der Waals surface area contributed by atoms with Gasteiger partial charge in [-0.3, -0.25) is 4.90 Å². The summed E-state index contributed by atoms with van der Waals surface area (Å²) < 4.78 is 28.7. The van der Waals surface area contributed by atoms with Crippen molar-refractivity contribution in [1.82, 2.24) is 9.80 Å². The Kier molecular flexibility index (Phi) is 7.31. The Hall–Kier alpha value is -2.06. The highest BCUT2D eigenvalue weighted by Crippen LogP contribution is 2.21. The van der Waals surface area contributed by atoms with E-state index in [-0.39, 0.29) is 6.09 Å². The lowest BCUT2D eigenvalue weighted by atomic mass is 10.0. The van der Waals surface area contributed by atoms with E-state index in [4.69, 9.17) is 4.74 Å². The van der Waals surface area contributed by atoms with Crippen LogP contribution >= 0.6 is 0 Å². The summed E-state index contributed by atoms with van der Waals surface area (Å²) in [5, 5.41) is 0. The molecule has 2 aliphatic rings. The van der Waals surface area contributed by atoms with Crippen LogP contribution in [0, 0.1) is 0 Å². The van der Waals surface area contributed by atoms with Crippen molar-refractivity contribution in [1.29, 1.82) is 0 Å². The number of anilines is 1. The maximum atomic E-state index is 12.2. The summed E-state index contributed by atoms with van der Waals surface area (Å²) >= 11 is 0. The van der Waals surface area contributed by atoms with Gasteiger partial charge in [0.15, 0.2) is 9.84 Å². The van der Waals surface area contributed by atoms with Gasteiger partial charge in [0.25, 0.3) is 0 Å². The maximum Gasteiger partial charge on any atom is 0.410 e. The third-order valence-electron chi connectivity index (χ3n) is 5.70. The number of piperidine rings is 1.